The third-order valence-electron chi connectivity index (χ3n) is 2.56. The van der Waals surface area contributed by atoms with E-state index in [1.807, 2.05) is 0 Å². The maximum absolute atomic E-state index is 13.8. The van der Waals surface area contributed by atoms with Crippen molar-refractivity contribution in [1.29, 1.82) is 0 Å². The van der Waals surface area contributed by atoms with Crippen LogP contribution in [0.1, 0.15) is 18.4 Å². The molecule has 0 unspecified atom stereocenters. The number of nitrogens with zero attached hydrogens (tertiary/aromatic N) is 3. The first-order valence-electron chi connectivity index (χ1n) is 6.09. The SMILES string of the molecule is CCCNCc1nnc(-c2ccc([N+](=O)[O-])cc2F)s1. The highest BCUT2D eigenvalue weighted by molar-refractivity contribution is 7.14. The average molecular weight is 296 g/mol. The van der Waals surface area contributed by atoms with Gasteiger partial charge < -0.3 is 5.32 Å². The monoisotopic (exact) mass is 296 g/mol. The van der Waals surface area contributed by atoms with Gasteiger partial charge in [-0.15, -0.1) is 10.2 Å². The predicted octanol–water partition coefficient (Wildman–Crippen LogP) is 2.75. The summed E-state index contributed by atoms with van der Waals surface area (Å²) >= 11 is 1.27. The first-order valence-corrected chi connectivity index (χ1v) is 6.91. The molecule has 8 heteroatoms. The Balaban J connectivity index is 2.17. The molecule has 6 nitrogen and oxygen atoms in total. The van der Waals surface area contributed by atoms with Crippen molar-refractivity contribution in [3.63, 3.8) is 0 Å². The van der Waals surface area contributed by atoms with E-state index >= 15 is 0 Å². The van der Waals surface area contributed by atoms with Gasteiger partial charge in [-0.05, 0) is 19.0 Å². The highest BCUT2D eigenvalue weighted by atomic mass is 32.1. The van der Waals surface area contributed by atoms with Crippen molar-refractivity contribution in [2.75, 3.05) is 6.54 Å². The van der Waals surface area contributed by atoms with Crippen LogP contribution < -0.4 is 5.32 Å². The van der Waals surface area contributed by atoms with E-state index in [9.17, 15) is 14.5 Å². The summed E-state index contributed by atoms with van der Waals surface area (Å²) in [7, 11) is 0. The quantitative estimate of drug-likeness (QED) is 0.503. The van der Waals surface area contributed by atoms with Crippen LogP contribution in [0.15, 0.2) is 18.2 Å². The molecule has 0 saturated heterocycles. The van der Waals surface area contributed by atoms with Gasteiger partial charge in [-0.3, -0.25) is 10.1 Å². The van der Waals surface area contributed by atoms with Gasteiger partial charge >= 0.3 is 0 Å². The fourth-order valence-electron chi connectivity index (χ4n) is 1.60. The molecule has 20 heavy (non-hydrogen) atoms. The Bertz CT molecular complexity index is 617. The Morgan fingerprint density at radius 2 is 2.25 bits per heavy atom. The summed E-state index contributed by atoms with van der Waals surface area (Å²) in [6.45, 7) is 3.52. The Hall–Kier alpha value is -1.93. The number of halogens is 1. The third kappa shape index (κ3) is 3.34. The van der Waals surface area contributed by atoms with Gasteiger partial charge in [0.05, 0.1) is 11.0 Å². The highest BCUT2D eigenvalue weighted by Gasteiger charge is 2.15. The second-order valence-electron chi connectivity index (χ2n) is 4.10. The lowest BCUT2D eigenvalue weighted by atomic mass is 10.2. The van der Waals surface area contributed by atoms with Crippen LogP contribution in [-0.4, -0.2) is 21.7 Å². The fourth-order valence-corrected chi connectivity index (χ4v) is 2.43. The second kappa shape index (κ2) is 6.49. The molecule has 0 aliphatic heterocycles. The number of rotatable bonds is 6. The summed E-state index contributed by atoms with van der Waals surface area (Å²) in [6, 6.07) is 3.51. The average Bonchev–Trinajstić information content (AvgIpc) is 2.87. The first-order chi connectivity index (χ1) is 9.61. The van der Waals surface area contributed by atoms with Gasteiger partial charge in [-0.25, -0.2) is 4.39 Å². The molecule has 0 aliphatic rings. The second-order valence-corrected chi connectivity index (χ2v) is 5.16. The maximum atomic E-state index is 13.8. The first kappa shape index (κ1) is 14.5. The Morgan fingerprint density at radius 1 is 1.45 bits per heavy atom. The van der Waals surface area contributed by atoms with Crippen LogP contribution in [0.3, 0.4) is 0 Å². The van der Waals surface area contributed by atoms with E-state index in [4.69, 9.17) is 0 Å². The van der Waals surface area contributed by atoms with E-state index in [0.717, 1.165) is 24.0 Å². The minimum atomic E-state index is -0.664. The zero-order valence-corrected chi connectivity index (χ0v) is 11.6. The molecule has 1 aromatic carbocycles. The van der Waals surface area contributed by atoms with Crippen LogP contribution in [0.2, 0.25) is 0 Å². The lowest BCUT2D eigenvalue weighted by Gasteiger charge is -1.98. The number of nitro groups is 1. The van der Waals surface area contributed by atoms with Crippen molar-refractivity contribution in [3.8, 4) is 10.6 Å². The van der Waals surface area contributed by atoms with Gasteiger partial charge in [-0.1, -0.05) is 18.3 Å². The Morgan fingerprint density at radius 3 is 2.90 bits per heavy atom. The molecule has 106 valence electrons. The molecular weight excluding hydrogens is 283 g/mol. The molecule has 0 bridgehead atoms. The summed E-state index contributed by atoms with van der Waals surface area (Å²) in [6.07, 6.45) is 1.02. The van der Waals surface area contributed by atoms with Crippen molar-refractivity contribution in [2.24, 2.45) is 0 Å². The van der Waals surface area contributed by atoms with Crippen LogP contribution in [0.25, 0.3) is 10.6 Å². The normalized spacial score (nSPS) is 10.7. The van der Waals surface area contributed by atoms with Gasteiger partial charge in [0.15, 0.2) is 5.01 Å². The molecule has 0 spiro atoms. The minimum absolute atomic E-state index is 0.231. The molecule has 0 amide bonds. The molecule has 2 aromatic rings. The van der Waals surface area contributed by atoms with Gasteiger partial charge in [0.1, 0.15) is 10.8 Å². The number of nitro benzene ring substituents is 1. The topological polar surface area (TPSA) is 81.0 Å². The van der Waals surface area contributed by atoms with Crippen molar-refractivity contribution in [2.45, 2.75) is 19.9 Å². The Kier molecular flexibility index (Phi) is 4.70. The van der Waals surface area contributed by atoms with Gasteiger partial charge in [0, 0.05) is 18.2 Å². The molecule has 2 rings (SSSR count). The molecule has 0 fully saturated rings. The summed E-state index contributed by atoms with van der Waals surface area (Å²) in [4.78, 5) is 9.93. The van der Waals surface area contributed by atoms with E-state index in [2.05, 4.69) is 22.4 Å². The van der Waals surface area contributed by atoms with Crippen LogP contribution in [0.5, 0.6) is 0 Å². The number of hydrogen-bond acceptors (Lipinski definition) is 6. The predicted molar refractivity (Wildman–Crippen MR) is 74.0 cm³/mol. The number of aromatic nitrogens is 2. The zero-order valence-electron chi connectivity index (χ0n) is 10.8. The van der Waals surface area contributed by atoms with Gasteiger partial charge in [-0.2, -0.15) is 0 Å². The smallest absolute Gasteiger partial charge is 0.272 e. The van der Waals surface area contributed by atoms with Crippen molar-refractivity contribution >= 4 is 17.0 Å². The molecule has 1 heterocycles. The number of non-ortho nitro benzene ring substituents is 1. The van der Waals surface area contributed by atoms with E-state index in [1.54, 1.807) is 0 Å². The maximum Gasteiger partial charge on any atom is 0.272 e. The van der Waals surface area contributed by atoms with Crippen molar-refractivity contribution < 1.29 is 9.31 Å². The van der Waals surface area contributed by atoms with Crippen LogP contribution >= 0.6 is 11.3 Å². The summed E-state index contributed by atoms with van der Waals surface area (Å²) < 4.78 is 13.8. The number of nitrogens with one attached hydrogen (secondary N) is 1. The highest BCUT2D eigenvalue weighted by Crippen LogP contribution is 2.28. The molecule has 0 saturated carbocycles. The number of hydrogen-bond donors (Lipinski definition) is 1. The summed E-state index contributed by atoms with van der Waals surface area (Å²) in [5, 5.41) is 22.8. The van der Waals surface area contributed by atoms with E-state index in [0.29, 0.717) is 11.6 Å². The standard InChI is InChI=1S/C12H13FN4O2S/c1-2-5-14-7-11-15-16-12(20-11)9-4-3-8(17(18)19)6-10(9)13/h3-4,6,14H,2,5,7H2,1H3. The lowest BCUT2D eigenvalue weighted by Crippen LogP contribution is -2.13. The molecule has 0 aliphatic carbocycles. The lowest BCUT2D eigenvalue weighted by molar-refractivity contribution is -0.385. The molecule has 0 atom stereocenters. The zero-order chi connectivity index (χ0) is 14.5. The largest absolute Gasteiger partial charge is 0.310 e. The number of benzene rings is 1. The van der Waals surface area contributed by atoms with Crippen LogP contribution in [0, 0.1) is 15.9 Å². The van der Waals surface area contributed by atoms with E-state index < -0.39 is 10.7 Å². The van der Waals surface area contributed by atoms with Gasteiger partial charge in [0.25, 0.3) is 5.69 Å². The fraction of sp³-hybridized carbons (Fsp3) is 0.333. The summed E-state index contributed by atoms with van der Waals surface area (Å²) in [5.74, 6) is -0.664. The van der Waals surface area contributed by atoms with E-state index in [-0.39, 0.29) is 11.3 Å². The van der Waals surface area contributed by atoms with E-state index in [1.165, 1.54) is 23.5 Å². The van der Waals surface area contributed by atoms with Crippen molar-refractivity contribution in [3.05, 3.63) is 39.1 Å². The molecule has 0 radical (unpaired) electrons. The molecular formula is C12H13FN4O2S. The van der Waals surface area contributed by atoms with Crippen molar-refractivity contribution in [1.82, 2.24) is 15.5 Å². The summed E-state index contributed by atoms with van der Waals surface area (Å²) in [5.41, 5.74) is -0.0459. The third-order valence-corrected chi connectivity index (χ3v) is 3.52. The minimum Gasteiger partial charge on any atom is -0.310 e. The van der Waals surface area contributed by atoms with Crippen LogP contribution in [0.4, 0.5) is 10.1 Å². The molecule has 1 aromatic heterocycles. The Labute approximate surface area is 118 Å². The molecule has 1 N–H and O–H groups in total. The van der Waals surface area contributed by atoms with Crippen LogP contribution in [-0.2, 0) is 6.54 Å². The van der Waals surface area contributed by atoms with Gasteiger partial charge in [0.2, 0.25) is 0 Å².